The zero-order chi connectivity index (χ0) is 20.1. The first kappa shape index (κ1) is 19.1. The quantitative estimate of drug-likeness (QED) is 0.473. The molecular weight excluding hydrogens is 386 g/mol. The molecule has 146 valence electrons. The van der Waals surface area contributed by atoms with Crippen LogP contribution in [0, 0.1) is 0 Å². The summed E-state index contributed by atoms with van der Waals surface area (Å²) in [5.74, 6) is 0.399. The molecule has 4 aromatic rings. The van der Waals surface area contributed by atoms with Crippen LogP contribution in [0.1, 0.15) is 5.56 Å². The zero-order valence-electron chi connectivity index (χ0n) is 15.8. The molecule has 0 aliphatic carbocycles. The number of anilines is 1. The number of carbonyl (C=O) groups excluding carboxylic acids is 1. The second kappa shape index (κ2) is 8.85. The van der Waals surface area contributed by atoms with E-state index >= 15 is 0 Å². The molecule has 1 amide bonds. The van der Waals surface area contributed by atoms with Crippen molar-refractivity contribution >= 4 is 29.3 Å². The average Bonchev–Trinajstić information content (AvgIpc) is 3.15. The summed E-state index contributed by atoms with van der Waals surface area (Å²) >= 11 is 1.43. The van der Waals surface area contributed by atoms with E-state index in [2.05, 4.69) is 20.4 Å². The van der Waals surface area contributed by atoms with Crippen molar-refractivity contribution < 1.29 is 9.53 Å². The largest absolute Gasteiger partial charge is 0.380 e. The van der Waals surface area contributed by atoms with E-state index in [4.69, 9.17) is 4.74 Å². The van der Waals surface area contributed by atoms with Crippen molar-refractivity contribution in [3.05, 3.63) is 72.7 Å². The molecule has 0 aliphatic heterocycles. The first-order valence-electron chi connectivity index (χ1n) is 8.99. The normalized spacial score (nSPS) is 10.9. The van der Waals surface area contributed by atoms with Crippen LogP contribution in [-0.2, 0) is 16.1 Å². The summed E-state index contributed by atoms with van der Waals surface area (Å²) in [4.78, 5) is 21.5. The third-order valence-electron chi connectivity index (χ3n) is 4.23. The highest BCUT2D eigenvalue weighted by molar-refractivity contribution is 8.00. The summed E-state index contributed by atoms with van der Waals surface area (Å²) in [7, 11) is 1.68. The topological polar surface area (TPSA) is 81.4 Å². The maximum absolute atomic E-state index is 12.2. The van der Waals surface area contributed by atoms with Crippen LogP contribution in [0.25, 0.3) is 16.8 Å². The predicted octanol–water partition coefficient (Wildman–Crippen LogP) is 3.67. The van der Waals surface area contributed by atoms with E-state index in [1.807, 2.05) is 54.7 Å². The van der Waals surface area contributed by atoms with E-state index in [9.17, 15) is 4.79 Å². The standard InChI is InChI=1S/C21H19N5O2S/c1-28-13-16-4-2-3-5-18(16)15-6-7-19-23-21(25-26(19)12-15)24-20(27)14-29-17-8-10-22-11-9-17/h2-12H,13-14H2,1H3,(H,24,25,27). The van der Waals surface area contributed by atoms with Gasteiger partial charge in [-0.3, -0.25) is 15.1 Å². The molecule has 7 nitrogen and oxygen atoms in total. The fourth-order valence-corrected chi connectivity index (χ4v) is 3.61. The molecule has 0 unspecified atom stereocenters. The second-order valence-corrected chi connectivity index (χ2v) is 7.31. The molecule has 29 heavy (non-hydrogen) atoms. The molecule has 0 radical (unpaired) electrons. The van der Waals surface area contributed by atoms with Gasteiger partial charge in [0.2, 0.25) is 11.9 Å². The van der Waals surface area contributed by atoms with E-state index in [-0.39, 0.29) is 17.6 Å². The van der Waals surface area contributed by atoms with Gasteiger partial charge in [0, 0.05) is 36.2 Å². The van der Waals surface area contributed by atoms with Crippen LogP contribution < -0.4 is 5.32 Å². The van der Waals surface area contributed by atoms with Gasteiger partial charge in [0.1, 0.15) is 0 Å². The number of carbonyl (C=O) groups is 1. The van der Waals surface area contributed by atoms with Crippen LogP contribution in [-0.4, -0.2) is 38.4 Å². The predicted molar refractivity (Wildman–Crippen MR) is 113 cm³/mol. The zero-order valence-corrected chi connectivity index (χ0v) is 16.6. The Labute approximate surface area is 172 Å². The Morgan fingerprint density at radius 3 is 2.79 bits per heavy atom. The van der Waals surface area contributed by atoms with Crippen LogP contribution in [0.5, 0.6) is 0 Å². The van der Waals surface area contributed by atoms with Crippen LogP contribution in [0.3, 0.4) is 0 Å². The van der Waals surface area contributed by atoms with Gasteiger partial charge in [-0.25, -0.2) is 4.52 Å². The number of aromatic nitrogens is 4. The molecule has 0 fully saturated rings. The van der Waals surface area contributed by atoms with Crippen LogP contribution >= 0.6 is 11.8 Å². The summed E-state index contributed by atoms with van der Waals surface area (Å²) in [6.07, 6.45) is 5.30. The van der Waals surface area contributed by atoms with Crippen LogP contribution in [0.2, 0.25) is 0 Å². The summed E-state index contributed by atoms with van der Waals surface area (Å²) < 4.78 is 6.96. The van der Waals surface area contributed by atoms with Gasteiger partial charge in [0.05, 0.1) is 12.4 Å². The SMILES string of the molecule is COCc1ccccc1-c1ccc2nc(NC(=O)CSc3ccncc3)nn2c1. The smallest absolute Gasteiger partial charge is 0.249 e. The lowest BCUT2D eigenvalue weighted by Crippen LogP contribution is -2.15. The molecule has 3 aromatic heterocycles. The molecule has 0 saturated heterocycles. The van der Waals surface area contributed by atoms with Gasteiger partial charge in [0.15, 0.2) is 5.65 Å². The van der Waals surface area contributed by atoms with Crippen molar-refractivity contribution in [1.82, 2.24) is 19.6 Å². The molecule has 0 aliphatic rings. The summed E-state index contributed by atoms with van der Waals surface area (Å²) in [5.41, 5.74) is 3.83. The maximum Gasteiger partial charge on any atom is 0.249 e. The molecular formula is C21H19N5O2S. The molecule has 1 aromatic carbocycles. The van der Waals surface area contributed by atoms with E-state index in [0.29, 0.717) is 12.3 Å². The maximum atomic E-state index is 12.2. The fraction of sp³-hybridized carbons (Fsp3) is 0.143. The lowest BCUT2D eigenvalue weighted by molar-refractivity contribution is -0.113. The third kappa shape index (κ3) is 4.61. The van der Waals surface area contributed by atoms with Crippen molar-refractivity contribution in [1.29, 1.82) is 0 Å². The number of hydrogen-bond acceptors (Lipinski definition) is 6. The Morgan fingerprint density at radius 1 is 1.14 bits per heavy atom. The van der Waals surface area contributed by atoms with E-state index < -0.39 is 0 Å². The Bertz CT molecular complexity index is 1130. The van der Waals surface area contributed by atoms with Crippen molar-refractivity contribution in [2.45, 2.75) is 11.5 Å². The van der Waals surface area contributed by atoms with Gasteiger partial charge in [-0.2, -0.15) is 4.98 Å². The number of pyridine rings is 2. The highest BCUT2D eigenvalue weighted by Crippen LogP contribution is 2.25. The number of fused-ring (bicyclic) bond motifs is 1. The van der Waals surface area contributed by atoms with Crippen molar-refractivity contribution in [2.24, 2.45) is 0 Å². The molecule has 0 bridgehead atoms. The Kier molecular flexibility index (Phi) is 5.83. The lowest BCUT2D eigenvalue weighted by Gasteiger charge is -2.08. The minimum Gasteiger partial charge on any atom is -0.380 e. The minimum atomic E-state index is -0.159. The number of methoxy groups -OCH3 is 1. The summed E-state index contributed by atoms with van der Waals surface area (Å²) in [6.45, 7) is 0.530. The Morgan fingerprint density at radius 2 is 1.97 bits per heavy atom. The van der Waals surface area contributed by atoms with Gasteiger partial charge in [-0.1, -0.05) is 24.3 Å². The highest BCUT2D eigenvalue weighted by Gasteiger charge is 2.11. The average molecular weight is 405 g/mol. The molecule has 0 atom stereocenters. The number of rotatable bonds is 7. The first-order chi connectivity index (χ1) is 14.2. The van der Waals surface area contributed by atoms with Crippen molar-refractivity contribution in [2.75, 3.05) is 18.2 Å². The fourth-order valence-electron chi connectivity index (χ4n) is 2.92. The van der Waals surface area contributed by atoms with E-state index in [0.717, 1.165) is 21.6 Å². The minimum absolute atomic E-state index is 0.159. The second-order valence-electron chi connectivity index (χ2n) is 6.27. The number of hydrogen-bond donors (Lipinski definition) is 1. The lowest BCUT2D eigenvalue weighted by atomic mass is 10.0. The van der Waals surface area contributed by atoms with Crippen LogP contribution in [0.4, 0.5) is 5.95 Å². The van der Waals surface area contributed by atoms with Gasteiger partial charge in [-0.15, -0.1) is 16.9 Å². The number of ether oxygens (including phenoxy) is 1. The van der Waals surface area contributed by atoms with Gasteiger partial charge in [-0.05, 0) is 35.4 Å². The number of amides is 1. The first-order valence-corrected chi connectivity index (χ1v) is 9.98. The van der Waals surface area contributed by atoms with Crippen molar-refractivity contribution in [3.8, 4) is 11.1 Å². The monoisotopic (exact) mass is 405 g/mol. The third-order valence-corrected chi connectivity index (χ3v) is 5.24. The molecule has 0 saturated carbocycles. The number of benzene rings is 1. The Balaban J connectivity index is 1.49. The van der Waals surface area contributed by atoms with Crippen LogP contribution in [0.15, 0.2) is 72.0 Å². The molecule has 8 heteroatoms. The molecule has 4 rings (SSSR count). The summed E-state index contributed by atoms with van der Waals surface area (Å²) in [6, 6.07) is 15.7. The number of nitrogens with one attached hydrogen (secondary N) is 1. The van der Waals surface area contributed by atoms with E-state index in [1.54, 1.807) is 24.0 Å². The number of thioether (sulfide) groups is 1. The van der Waals surface area contributed by atoms with Crippen molar-refractivity contribution in [3.63, 3.8) is 0 Å². The van der Waals surface area contributed by atoms with E-state index in [1.165, 1.54) is 11.8 Å². The van der Waals surface area contributed by atoms with Gasteiger partial charge in [0.25, 0.3) is 0 Å². The molecule has 3 heterocycles. The Hall–Kier alpha value is -3.23. The van der Waals surface area contributed by atoms with Gasteiger partial charge < -0.3 is 4.74 Å². The summed E-state index contributed by atoms with van der Waals surface area (Å²) in [5, 5.41) is 7.15. The number of nitrogens with zero attached hydrogens (tertiary/aromatic N) is 4. The molecule has 1 N–H and O–H groups in total. The molecule has 0 spiro atoms. The van der Waals surface area contributed by atoms with Gasteiger partial charge >= 0.3 is 0 Å². The highest BCUT2D eigenvalue weighted by atomic mass is 32.2.